The van der Waals surface area contributed by atoms with E-state index in [1.165, 1.54) is 5.56 Å². The maximum absolute atomic E-state index is 9.50. The lowest BCUT2D eigenvalue weighted by Gasteiger charge is -2.28. The maximum Gasteiger partial charge on any atom is 0.0645 e. The van der Waals surface area contributed by atoms with Crippen molar-refractivity contribution in [2.24, 2.45) is 0 Å². The van der Waals surface area contributed by atoms with E-state index < -0.39 is 0 Å². The molecule has 1 aromatic carbocycles. The average Bonchev–Trinajstić information content (AvgIpc) is 2.91. The van der Waals surface area contributed by atoms with Crippen LogP contribution < -0.4 is 0 Å². The van der Waals surface area contributed by atoms with E-state index in [2.05, 4.69) is 16.2 Å². The van der Waals surface area contributed by atoms with Crippen LogP contribution in [-0.2, 0) is 6.54 Å². The number of likely N-dealkylation sites (tertiary alicyclic amines) is 1. The van der Waals surface area contributed by atoms with Gasteiger partial charge in [-0.1, -0.05) is 18.2 Å². The number of hydrogen-bond donors (Lipinski definition) is 1. The van der Waals surface area contributed by atoms with Crippen LogP contribution in [0.4, 0.5) is 0 Å². The summed E-state index contributed by atoms with van der Waals surface area (Å²) in [5.41, 5.74) is 2.31. The van der Waals surface area contributed by atoms with Gasteiger partial charge in [-0.2, -0.15) is 5.10 Å². The van der Waals surface area contributed by atoms with E-state index >= 15 is 0 Å². The Balaban J connectivity index is 1.65. The molecule has 1 N–H and O–H groups in total. The summed E-state index contributed by atoms with van der Waals surface area (Å²) < 4.78 is 1.91. The topological polar surface area (TPSA) is 41.3 Å². The number of rotatable bonds is 3. The molecule has 0 aliphatic carbocycles. The van der Waals surface area contributed by atoms with Gasteiger partial charge in [0.25, 0.3) is 0 Å². The van der Waals surface area contributed by atoms with E-state index in [1.54, 1.807) is 0 Å². The Labute approximate surface area is 113 Å². The van der Waals surface area contributed by atoms with Gasteiger partial charge in [0.1, 0.15) is 0 Å². The molecule has 0 radical (unpaired) electrons. The molecular formula is C15H19N3O. The molecule has 19 heavy (non-hydrogen) atoms. The van der Waals surface area contributed by atoms with Crippen molar-refractivity contribution in [3.05, 3.63) is 48.3 Å². The van der Waals surface area contributed by atoms with Crippen LogP contribution in [0.25, 0.3) is 5.69 Å². The Bertz CT molecular complexity index is 515. The lowest BCUT2D eigenvalue weighted by Crippen LogP contribution is -2.35. The van der Waals surface area contributed by atoms with Gasteiger partial charge in [0, 0.05) is 31.4 Å². The number of nitrogens with zero attached hydrogens (tertiary/aromatic N) is 3. The molecule has 3 rings (SSSR count). The second-order valence-corrected chi connectivity index (χ2v) is 5.14. The number of aliphatic hydroxyl groups excluding tert-OH is 1. The summed E-state index contributed by atoms with van der Waals surface area (Å²) in [6.07, 6.45) is 5.67. The molecule has 1 aromatic heterocycles. The summed E-state index contributed by atoms with van der Waals surface area (Å²) in [5, 5.41) is 13.9. The minimum atomic E-state index is -0.108. The van der Waals surface area contributed by atoms with E-state index in [9.17, 15) is 5.11 Å². The molecule has 0 spiro atoms. The Morgan fingerprint density at radius 2 is 1.89 bits per heavy atom. The second kappa shape index (κ2) is 5.55. The predicted octanol–water partition coefficient (Wildman–Crippen LogP) is 1.83. The monoisotopic (exact) mass is 257 g/mol. The summed E-state index contributed by atoms with van der Waals surface area (Å²) in [4.78, 5) is 2.37. The highest BCUT2D eigenvalue weighted by molar-refractivity contribution is 5.30. The molecule has 1 aliphatic rings. The van der Waals surface area contributed by atoms with E-state index in [-0.39, 0.29) is 6.10 Å². The fourth-order valence-electron chi connectivity index (χ4n) is 2.50. The van der Waals surface area contributed by atoms with Crippen LogP contribution in [0.3, 0.4) is 0 Å². The molecule has 2 heterocycles. The van der Waals surface area contributed by atoms with Gasteiger partial charge < -0.3 is 5.11 Å². The summed E-state index contributed by atoms with van der Waals surface area (Å²) in [6, 6.07) is 10.1. The van der Waals surface area contributed by atoms with Gasteiger partial charge >= 0.3 is 0 Å². The van der Waals surface area contributed by atoms with Gasteiger partial charge in [0.15, 0.2) is 0 Å². The highest BCUT2D eigenvalue weighted by atomic mass is 16.3. The third kappa shape index (κ3) is 3.03. The highest BCUT2D eigenvalue weighted by Gasteiger charge is 2.17. The molecule has 4 nitrogen and oxygen atoms in total. The zero-order valence-corrected chi connectivity index (χ0v) is 10.9. The molecule has 100 valence electrons. The fourth-order valence-corrected chi connectivity index (χ4v) is 2.50. The first-order valence-electron chi connectivity index (χ1n) is 6.80. The summed E-state index contributed by atoms with van der Waals surface area (Å²) in [7, 11) is 0. The number of benzene rings is 1. The molecule has 0 atom stereocenters. The van der Waals surface area contributed by atoms with Gasteiger partial charge in [0.2, 0.25) is 0 Å². The molecule has 2 aromatic rings. The van der Waals surface area contributed by atoms with Crippen molar-refractivity contribution in [2.45, 2.75) is 25.5 Å². The number of aliphatic hydroxyl groups is 1. The summed E-state index contributed by atoms with van der Waals surface area (Å²) in [6.45, 7) is 2.86. The van der Waals surface area contributed by atoms with Crippen LogP contribution in [0.15, 0.2) is 42.7 Å². The fraction of sp³-hybridized carbons (Fsp3) is 0.400. The molecule has 0 unspecified atom stereocenters. The summed E-state index contributed by atoms with van der Waals surface area (Å²) in [5.74, 6) is 0. The first-order chi connectivity index (χ1) is 9.31. The molecule has 0 saturated carbocycles. The zero-order valence-electron chi connectivity index (χ0n) is 10.9. The smallest absolute Gasteiger partial charge is 0.0645 e. The van der Waals surface area contributed by atoms with Crippen LogP contribution in [-0.4, -0.2) is 39.0 Å². The quantitative estimate of drug-likeness (QED) is 0.912. The normalized spacial score (nSPS) is 17.7. The maximum atomic E-state index is 9.50. The van der Waals surface area contributed by atoms with Gasteiger partial charge in [-0.3, -0.25) is 4.90 Å². The van der Waals surface area contributed by atoms with Crippen molar-refractivity contribution in [1.29, 1.82) is 0 Å². The third-order valence-electron chi connectivity index (χ3n) is 3.62. The Hall–Kier alpha value is -1.65. The lowest BCUT2D eigenvalue weighted by molar-refractivity contribution is 0.0792. The van der Waals surface area contributed by atoms with Crippen LogP contribution in [0.1, 0.15) is 18.4 Å². The average molecular weight is 257 g/mol. The molecule has 1 aliphatic heterocycles. The van der Waals surface area contributed by atoms with Gasteiger partial charge in [-0.05, 0) is 25.0 Å². The van der Waals surface area contributed by atoms with Crippen molar-refractivity contribution >= 4 is 0 Å². The van der Waals surface area contributed by atoms with Crippen LogP contribution >= 0.6 is 0 Å². The number of hydrogen-bond acceptors (Lipinski definition) is 3. The predicted molar refractivity (Wildman–Crippen MR) is 74.1 cm³/mol. The second-order valence-electron chi connectivity index (χ2n) is 5.14. The minimum Gasteiger partial charge on any atom is -0.393 e. The van der Waals surface area contributed by atoms with E-state index in [1.807, 2.05) is 41.2 Å². The Morgan fingerprint density at radius 1 is 1.16 bits per heavy atom. The van der Waals surface area contributed by atoms with Gasteiger partial charge in [0.05, 0.1) is 18.0 Å². The number of aromatic nitrogens is 2. The van der Waals surface area contributed by atoms with Gasteiger partial charge in [-0.15, -0.1) is 0 Å². The Morgan fingerprint density at radius 3 is 2.63 bits per heavy atom. The number of para-hydroxylation sites is 1. The van der Waals surface area contributed by atoms with Crippen molar-refractivity contribution in [3.63, 3.8) is 0 Å². The molecule has 0 bridgehead atoms. The van der Waals surface area contributed by atoms with E-state index in [4.69, 9.17) is 0 Å². The van der Waals surface area contributed by atoms with Crippen molar-refractivity contribution in [2.75, 3.05) is 13.1 Å². The first kappa shape index (κ1) is 12.4. The molecular weight excluding hydrogens is 238 g/mol. The third-order valence-corrected chi connectivity index (χ3v) is 3.62. The molecule has 0 amide bonds. The highest BCUT2D eigenvalue weighted by Crippen LogP contribution is 2.14. The lowest BCUT2D eigenvalue weighted by atomic mass is 10.1. The minimum absolute atomic E-state index is 0.108. The zero-order chi connectivity index (χ0) is 13.1. The van der Waals surface area contributed by atoms with Crippen LogP contribution in [0.5, 0.6) is 0 Å². The first-order valence-corrected chi connectivity index (χ1v) is 6.80. The SMILES string of the molecule is OC1CCN(Cc2cnn(-c3ccccc3)c2)CC1. The van der Waals surface area contributed by atoms with Crippen molar-refractivity contribution in [1.82, 2.24) is 14.7 Å². The van der Waals surface area contributed by atoms with Crippen LogP contribution in [0, 0.1) is 0 Å². The van der Waals surface area contributed by atoms with Gasteiger partial charge in [-0.25, -0.2) is 4.68 Å². The van der Waals surface area contributed by atoms with Crippen molar-refractivity contribution in [3.8, 4) is 5.69 Å². The standard InChI is InChI=1S/C15H19N3O/c19-15-6-8-17(9-7-15)11-13-10-16-18(12-13)14-4-2-1-3-5-14/h1-5,10,12,15,19H,6-9,11H2. The Kier molecular flexibility index (Phi) is 3.62. The molecule has 1 fully saturated rings. The number of piperidine rings is 1. The van der Waals surface area contributed by atoms with E-state index in [0.717, 1.165) is 38.2 Å². The molecule has 1 saturated heterocycles. The summed E-state index contributed by atoms with van der Waals surface area (Å²) >= 11 is 0. The van der Waals surface area contributed by atoms with Crippen LogP contribution in [0.2, 0.25) is 0 Å². The van der Waals surface area contributed by atoms with Crippen molar-refractivity contribution < 1.29 is 5.11 Å². The largest absolute Gasteiger partial charge is 0.393 e. The molecule has 4 heteroatoms. The van der Waals surface area contributed by atoms with E-state index in [0.29, 0.717) is 0 Å².